The van der Waals surface area contributed by atoms with Crippen molar-refractivity contribution in [3.05, 3.63) is 64.1 Å². The predicted octanol–water partition coefficient (Wildman–Crippen LogP) is 5.46. The van der Waals surface area contributed by atoms with Gasteiger partial charge in [0.2, 0.25) is 0 Å². The molecule has 4 rings (SSSR count). The summed E-state index contributed by atoms with van der Waals surface area (Å²) in [7, 11) is 2.20. The zero-order valence-electron chi connectivity index (χ0n) is 19.5. The van der Waals surface area contributed by atoms with Gasteiger partial charge in [0.1, 0.15) is 0 Å². The van der Waals surface area contributed by atoms with Gasteiger partial charge in [-0.1, -0.05) is 60.9 Å². The summed E-state index contributed by atoms with van der Waals surface area (Å²) >= 11 is 1.43. The molecule has 1 aliphatic carbocycles. The Kier molecular flexibility index (Phi) is 7.89. The van der Waals surface area contributed by atoms with E-state index in [-0.39, 0.29) is 11.8 Å². The van der Waals surface area contributed by atoms with Crippen LogP contribution in [-0.4, -0.2) is 42.9 Å². The molecule has 0 spiro atoms. The van der Waals surface area contributed by atoms with Gasteiger partial charge in [0.05, 0.1) is 10.6 Å². The number of hydrogen-bond acceptors (Lipinski definition) is 4. The number of nitrogens with one attached hydrogen (secondary N) is 2. The van der Waals surface area contributed by atoms with E-state index in [4.69, 9.17) is 0 Å². The number of hydrogen-bond donors (Lipinski definition) is 2. The van der Waals surface area contributed by atoms with Gasteiger partial charge in [-0.25, -0.2) is 0 Å². The Labute approximate surface area is 201 Å². The number of amides is 2. The molecule has 0 radical (unpaired) electrons. The minimum Gasteiger partial charge on any atom is -0.352 e. The molecule has 2 N–H and O–H groups in total. The third-order valence-electron chi connectivity index (χ3n) is 6.48. The maximum Gasteiger partial charge on any atom is 0.262 e. The van der Waals surface area contributed by atoms with Crippen LogP contribution >= 0.6 is 11.8 Å². The fraction of sp³-hybridized carbons (Fsp3) is 0.407. The van der Waals surface area contributed by atoms with Gasteiger partial charge in [-0.05, 0) is 69.6 Å². The van der Waals surface area contributed by atoms with Gasteiger partial charge in [0, 0.05) is 23.0 Å². The second-order valence-electron chi connectivity index (χ2n) is 9.07. The second-order valence-corrected chi connectivity index (χ2v) is 10.2. The van der Waals surface area contributed by atoms with Crippen LogP contribution in [0.2, 0.25) is 0 Å². The SMILES string of the molecule is Cc1ccc(/C=C2/Sc3ccc(C(=O)NCCCN(C)C4CCCCC4)cc3NC2=O)cc1. The van der Waals surface area contributed by atoms with E-state index in [1.165, 1.54) is 49.4 Å². The Bertz CT molecular complexity index is 1030. The lowest BCUT2D eigenvalue weighted by molar-refractivity contribution is -0.112. The summed E-state index contributed by atoms with van der Waals surface area (Å²) in [4.78, 5) is 29.3. The van der Waals surface area contributed by atoms with Crippen LogP contribution in [0.4, 0.5) is 5.69 Å². The summed E-state index contributed by atoms with van der Waals surface area (Å²) in [5.74, 6) is -0.241. The van der Waals surface area contributed by atoms with Crippen LogP contribution in [0.3, 0.4) is 0 Å². The zero-order valence-corrected chi connectivity index (χ0v) is 20.3. The van der Waals surface area contributed by atoms with Crippen molar-refractivity contribution in [2.24, 2.45) is 0 Å². The molecule has 1 heterocycles. The molecule has 6 heteroatoms. The van der Waals surface area contributed by atoms with Crippen molar-refractivity contribution in [3.63, 3.8) is 0 Å². The molecule has 2 amide bonds. The lowest BCUT2D eigenvalue weighted by Crippen LogP contribution is -2.35. The van der Waals surface area contributed by atoms with E-state index in [0.717, 1.165) is 23.4 Å². The molecule has 1 fully saturated rings. The Hall–Kier alpha value is -2.57. The highest BCUT2D eigenvalue weighted by Gasteiger charge is 2.22. The number of nitrogens with zero attached hydrogens (tertiary/aromatic N) is 1. The molecule has 2 aliphatic rings. The Morgan fingerprint density at radius 3 is 2.67 bits per heavy atom. The Balaban J connectivity index is 1.31. The van der Waals surface area contributed by atoms with Gasteiger partial charge in [-0.15, -0.1) is 0 Å². The molecule has 2 aromatic carbocycles. The fourth-order valence-electron chi connectivity index (χ4n) is 4.45. The van der Waals surface area contributed by atoms with Crippen molar-refractivity contribution in [3.8, 4) is 0 Å². The van der Waals surface area contributed by atoms with E-state index in [2.05, 4.69) is 22.6 Å². The standard InChI is InChI=1S/C27H33N3O2S/c1-19-9-11-20(12-10-19)17-25-27(32)29-23-18-21(13-14-24(23)33-25)26(31)28-15-6-16-30(2)22-7-4-3-5-8-22/h9-14,17-18,22H,3-8,15-16H2,1-2H3,(H,28,31)(H,29,32)/b25-17+. The maximum absolute atomic E-state index is 12.6. The van der Waals surface area contributed by atoms with Crippen LogP contribution in [0.5, 0.6) is 0 Å². The first-order chi connectivity index (χ1) is 16.0. The van der Waals surface area contributed by atoms with E-state index < -0.39 is 0 Å². The van der Waals surface area contributed by atoms with E-state index in [9.17, 15) is 9.59 Å². The molecule has 33 heavy (non-hydrogen) atoms. The van der Waals surface area contributed by atoms with Crippen molar-refractivity contribution in [2.75, 3.05) is 25.5 Å². The Morgan fingerprint density at radius 1 is 1.15 bits per heavy atom. The number of aryl methyl sites for hydroxylation is 1. The van der Waals surface area contributed by atoms with Crippen LogP contribution in [0, 0.1) is 6.92 Å². The summed E-state index contributed by atoms with van der Waals surface area (Å²) < 4.78 is 0. The smallest absolute Gasteiger partial charge is 0.262 e. The summed E-state index contributed by atoms with van der Waals surface area (Å²) in [6.45, 7) is 3.69. The van der Waals surface area contributed by atoms with Crippen molar-refractivity contribution in [2.45, 2.75) is 56.4 Å². The van der Waals surface area contributed by atoms with E-state index in [0.29, 0.717) is 28.7 Å². The first-order valence-electron chi connectivity index (χ1n) is 11.9. The first kappa shape index (κ1) is 23.6. The molecular weight excluding hydrogens is 430 g/mol. The van der Waals surface area contributed by atoms with E-state index >= 15 is 0 Å². The molecule has 0 unspecified atom stereocenters. The molecule has 1 saturated carbocycles. The largest absolute Gasteiger partial charge is 0.352 e. The first-order valence-corrected chi connectivity index (χ1v) is 12.7. The molecule has 0 aromatic heterocycles. The highest BCUT2D eigenvalue weighted by Crippen LogP contribution is 2.39. The molecule has 174 valence electrons. The zero-order chi connectivity index (χ0) is 23.2. The minimum atomic E-state index is -0.142. The number of rotatable bonds is 7. The van der Waals surface area contributed by atoms with E-state index in [1.807, 2.05) is 49.4 Å². The summed E-state index contributed by atoms with van der Waals surface area (Å²) in [6, 6.07) is 14.3. The van der Waals surface area contributed by atoms with Gasteiger partial charge >= 0.3 is 0 Å². The number of anilines is 1. The molecule has 0 bridgehead atoms. The van der Waals surface area contributed by atoms with Gasteiger partial charge in [-0.2, -0.15) is 0 Å². The van der Waals surface area contributed by atoms with Crippen molar-refractivity contribution < 1.29 is 9.59 Å². The average Bonchev–Trinajstić information content (AvgIpc) is 2.83. The van der Waals surface area contributed by atoms with Crippen LogP contribution < -0.4 is 10.6 Å². The molecule has 0 atom stereocenters. The van der Waals surface area contributed by atoms with Crippen molar-refractivity contribution in [1.82, 2.24) is 10.2 Å². The number of carbonyl (C=O) groups excluding carboxylic acids is 2. The monoisotopic (exact) mass is 463 g/mol. The fourth-order valence-corrected chi connectivity index (χ4v) is 5.38. The summed E-state index contributed by atoms with van der Waals surface area (Å²) in [5, 5.41) is 5.97. The normalized spacial score (nSPS) is 17.7. The van der Waals surface area contributed by atoms with Gasteiger partial charge < -0.3 is 15.5 Å². The van der Waals surface area contributed by atoms with Crippen molar-refractivity contribution in [1.29, 1.82) is 0 Å². The minimum absolute atomic E-state index is 0.0987. The highest BCUT2D eigenvalue weighted by atomic mass is 32.2. The van der Waals surface area contributed by atoms with Crippen LogP contribution in [0.15, 0.2) is 52.3 Å². The van der Waals surface area contributed by atoms with Gasteiger partial charge in [0.15, 0.2) is 0 Å². The topological polar surface area (TPSA) is 61.4 Å². The molecule has 5 nitrogen and oxygen atoms in total. The van der Waals surface area contributed by atoms with E-state index in [1.54, 1.807) is 6.07 Å². The third kappa shape index (κ3) is 6.27. The van der Waals surface area contributed by atoms with Gasteiger partial charge in [-0.3, -0.25) is 9.59 Å². The van der Waals surface area contributed by atoms with Crippen LogP contribution in [0.25, 0.3) is 6.08 Å². The number of thioether (sulfide) groups is 1. The lowest BCUT2D eigenvalue weighted by atomic mass is 9.94. The van der Waals surface area contributed by atoms with Gasteiger partial charge in [0.25, 0.3) is 11.8 Å². The van der Waals surface area contributed by atoms with Crippen LogP contribution in [-0.2, 0) is 4.79 Å². The Morgan fingerprint density at radius 2 is 1.91 bits per heavy atom. The number of fused-ring (bicyclic) bond motifs is 1. The number of carbonyl (C=O) groups is 2. The second kappa shape index (κ2) is 11.0. The third-order valence-corrected chi connectivity index (χ3v) is 7.58. The summed E-state index contributed by atoms with van der Waals surface area (Å²) in [6.07, 6.45) is 9.46. The average molecular weight is 464 g/mol. The summed E-state index contributed by atoms with van der Waals surface area (Å²) in [5.41, 5.74) is 3.44. The molecule has 2 aromatic rings. The lowest BCUT2D eigenvalue weighted by Gasteiger charge is -2.31. The predicted molar refractivity (Wildman–Crippen MR) is 137 cm³/mol. The van der Waals surface area contributed by atoms with Crippen molar-refractivity contribution >= 4 is 35.3 Å². The van der Waals surface area contributed by atoms with Crippen LogP contribution in [0.1, 0.15) is 60.0 Å². The molecule has 1 aliphatic heterocycles. The quantitative estimate of drug-likeness (QED) is 0.423. The molecule has 0 saturated heterocycles. The molecular formula is C27H33N3O2S. The number of benzene rings is 2. The highest BCUT2D eigenvalue weighted by molar-refractivity contribution is 8.04. The maximum atomic E-state index is 12.6.